The average Bonchev–Trinajstić information content (AvgIpc) is 3.14. The Morgan fingerprint density at radius 3 is 2.74 bits per heavy atom. The molecule has 1 aliphatic carbocycles. The monoisotopic (exact) mass is 494 g/mol. The third-order valence-corrected chi connectivity index (χ3v) is 7.93. The molecule has 0 spiro atoms. The first kappa shape index (κ1) is 24.4. The van der Waals surface area contributed by atoms with Crippen molar-refractivity contribution in [2.24, 2.45) is 11.8 Å². The van der Waals surface area contributed by atoms with Crippen molar-refractivity contribution in [1.29, 1.82) is 0 Å². The summed E-state index contributed by atoms with van der Waals surface area (Å²) >= 11 is 3.01. The lowest BCUT2D eigenvalue weighted by Crippen LogP contribution is -2.18. The number of nitrogens with one attached hydrogen (secondary N) is 1. The maximum Gasteiger partial charge on any atom is 0.308 e. The number of fused-ring (bicyclic) bond motifs is 1. The van der Waals surface area contributed by atoms with E-state index in [1.807, 2.05) is 41.0 Å². The van der Waals surface area contributed by atoms with Crippen LogP contribution in [0, 0.1) is 11.8 Å². The van der Waals surface area contributed by atoms with Gasteiger partial charge in [-0.05, 0) is 72.1 Å². The molecule has 2 aromatic carbocycles. The number of nitrogens with zero attached hydrogens (tertiary/aromatic N) is 1. The molecule has 4 rings (SSSR count). The molecular formula is C27H30N2O3S2. The number of amides is 1. The second-order valence-electron chi connectivity index (χ2n) is 8.45. The molecule has 0 saturated carbocycles. The van der Waals surface area contributed by atoms with Crippen molar-refractivity contribution in [2.45, 2.75) is 38.1 Å². The van der Waals surface area contributed by atoms with E-state index in [1.165, 1.54) is 16.2 Å². The molecule has 3 aromatic rings. The summed E-state index contributed by atoms with van der Waals surface area (Å²) in [7, 11) is 1.68. The standard InChI is InChI=1S/C27H30N2O3S2/c1-4-33-23-10-6-19(7-11-23)15-26(30)28-21-8-12-24-25(17-21)34-27(31)29(24)14-13-20-16-22(32-3)9-5-18(20)2/h5-12,16-18,20H,4,13-15H2,1-3H3,(H,28,30). The molecule has 34 heavy (non-hydrogen) atoms. The predicted octanol–water partition coefficient (Wildman–Crippen LogP) is 6.10. The van der Waals surface area contributed by atoms with Gasteiger partial charge in [-0.3, -0.25) is 14.2 Å². The van der Waals surface area contributed by atoms with Gasteiger partial charge in [0.1, 0.15) is 5.76 Å². The van der Waals surface area contributed by atoms with Gasteiger partial charge in [0.25, 0.3) is 0 Å². The molecule has 5 nitrogen and oxygen atoms in total. The number of hydrogen-bond acceptors (Lipinski definition) is 5. The first-order chi connectivity index (χ1) is 16.5. The lowest BCUT2D eigenvalue weighted by atomic mass is 9.87. The fourth-order valence-corrected chi connectivity index (χ4v) is 5.80. The highest BCUT2D eigenvalue weighted by molar-refractivity contribution is 7.99. The lowest BCUT2D eigenvalue weighted by Gasteiger charge is -2.22. The van der Waals surface area contributed by atoms with E-state index in [2.05, 4.69) is 43.4 Å². The summed E-state index contributed by atoms with van der Waals surface area (Å²) in [6.45, 7) is 4.95. The van der Waals surface area contributed by atoms with Crippen LogP contribution in [0.25, 0.3) is 10.2 Å². The zero-order valence-corrected chi connectivity index (χ0v) is 21.4. The number of carbonyl (C=O) groups excluding carboxylic acids is 1. The van der Waals surface area contributed by atoms with Gasteiger partial charge in [-0.15, -0.1) is 11.8 Å². The SMILES string of the molecule is CCSc1ccc(CC(=O)Nc2ccc3c(c2)sc(=O)n3CCC2C=C(OC)C=CC2C)cc1. The zero-order valence-electron chi connectivity index (χ0n) is 19.7. The fraction of sp³-hybridized carbons (Fsp3) is 0.333. The molecule has 0 aliphatic heterocycles. The molecule has 2 atom stereocenters. The first-order valence-electron chi connectivity index (χ1n) is 11.6. The van der Waals surface area contributed by atoms with Crippen molar-refractivity contribution < 1.29 is 9.53 Å². The van der Waals surface area contributed by atoms with Crippen LogP contribution in [0.5, 0.6) is 0 Å². The van der Waals surface area contributed by atoms with Crippen LogP contribution in [-0.2, 0) is 22.5 Å². The third kappa shape index (κ3) is 5.83. The van der Waals surface area contributed by atoms with E-state index >= 15 is 0 Å². The number of benzene rings is 2. The molecule has 1 amide bonds. The highest BCUT2D eigenvalue weighted by atomic mass is 32.2. The number of aromatic nitrogens is 1. The van der Waals surface area contributed by atoms with Gasteiger partial charge in [0.2, 0.25) is 5.91 Å². The van der Waals surface area contributed by atoms with Crippen molar-refractivity contribution >= 4 is 44.9 Å². The molecule has 2 unspecified atom stereocenters. The summed E-state index contributed by atoms with van der Waals surface area (Å²) in [6.07, 6.45) is 7.48. The minimum atomic E-state index is -0.0675. The number of allylic oxidation sites excluding steroid dienone is 3. The quantitative estimate of drug-likeness (QED) is 0.365. The van der Waals surface area contributed by atoms with E-state index in [0.29, 0.717) is 30.5 Å². The van der Waals surface area contributed by atoms with Gasteiger partial charge in [0.15, 0.2) is 0 Å². The molecule has 1 heterocycles. The number of thiazole rings is 1. The number of rotatable bonds is 9. The van der Waals surface area contributed by atoms with Crippen molar-refractivity contribution in [3.05, 3.63) is 81.7 Å². The normalized spacial score (nSPS) is 17.6. The Labute approximate surface area is 208 Å². The van der Waals surface area contributed by atoms with E-state index in [9.17, 15) is 9.59 Å². The van der Waals surface area contributed by atoms with Gasteiger partial charge in [-0.25, -0.2) is 0 Å². The van der Waals surface area contributed by atoms with Gasteiger partial charge in [-0.2, -0.15) is 0 Å². The third-order valence-electron chi connectivity index (χ3n) is 6.09. The van der Waals surface area contributed by atoms with Crippen LogP contribution in [0.4, 0.5) is 5.69 Å². The van der Waals surface area contributed by atoms with Crippen molar-refractivity contribution in [3.8, 4) is 0 Å². The minimum Gasteiger partial charge on any atom is -0.497 e. The van der Waals surface area contributed by atoms with E-state index in [-0.39, 0.29) is 10.8 Å². The summed E-state index contributed by atoms with van der Waals surface area (Å²) in [5.74, 6) is 2.57. The van der Waals surface area contributed by atoms with E-state index < -0.39 is 0 Å². The van der Waals surface area contributed by atoms with Crippen LogP contribution in [0.1, 0.15) is 25.8 Å². The number of hydrogen-bond donors (Lipinski definition) is 1. The van der Waals surface area contributed by atoms with Crippen LogP contribution >= 0.6 is 23.1 Å². The van der Waals surface area contributed by atoms with Gasteiger partial charge in [0.05, 0.1) is 23.7 Å². The second kappa shape index (κ2) is 11.1. The van der Waals surface area contributed by atoms with Gasteiger partial charge in [-0.1, -0.05) is 43.4 Å². The number of aryl methyl sites for hydroxylation is 1. The second-order valence-corrected chi connectivity index (χ2v) is 10.8. The molecule has 1 N–H and O–H groups in total. The Morgan fingerprint density at radius 1 is 1.21 bits per heavy atom. The van der Waals surface area contributed by atoms with Crippen LogP contribution < -0.4 is 10.2 Å². The average molecular weight is 495 g/mol. The molecule has 7 heteroatoms. The van der Waals surface area contributed by atoms with Crippen molar-refractivity contribution in [2.75, 3.05) is 18.2 Å². The van der Waals surface area contributed by atoms with Crippen LogP contribution in [0.3, 0.4) is 0 Å². The molecule has 0 radical (unpaired) electrons. The molecule has 0 bridgehead atoms. The molecular weight excluding hydrogens is 464 g/mol. The van der Waals surface area contributed by atoms with Crippen LogP contribution in [0.2, 0.25) is 0 Å². The molecule has 178 valence electrons. The summed E-state index contributed by atoms with van der Waals surface area (Å²) in [4.78, 5) is 26.5. The molecule has 1 aromatic heterocycles. The largest absolute Gasteiger partial charge is 0.497 e. The smallest absolute Gasteiger partial charge is 0.308 e. The number of thioether (sulfide) groups is 1. The number of methoxy groups -OCH3 is 1. The first-order valence-corrected chi connectivity index (χ1v) is 13.4. The van der Waals surface area contributed by atoms with Crippen LogP contribution in [0.15, 0.2) is 76.1 Å². The number of anilines is 1. The van der Waals surface area contributed by atoms with Gasteiger partial charge >= 0.3 is 4.87 Å². The lowest BCUT2D eigenvalue weighted by molar-refractivity contribution is -0.115. The summed E-state index contributed by atoms with van der Waals surface area (Å²) in [6, 6.07) is 13.8. The minimum absolute atomic E-state index is 0.0264. The summed E-state index contributed by atoms with van der Waals surface area (Å²) in [5, 5.41) is 2.97. The van der Waals surface area contributed by atoms with E-state index in [4.69, 9.17) is 4.74 Å². The molecule has 1 aliphatic rings. The van der Waals surface area contributed by atoms with Crippen molar-refractivity contribution in [1.82, 2.24) is 4.57 Å². The Bertz CT molecular complexity index is 1270. The summed E-state index contributed by atoms with van der Waals surface area (Å²) in [5.41, 5.74) is 2.60. The molecule has 0 saturated heterocycles. The summed E-state index contributed by atoms with van der Waals surface area (Å²) < 4.78 is 8.09. The molecule has 0 fully saturated rings. The highest BCUT2D eigenvalue weighted by Crippen LogP contribution is 2.28. The zero-order chi connectivity index (χ0) is 24.1. The van der Waals surface area contributed by atoms with E-state index in [1.54, 1.807) is 18.9 Å². The number of ether oxygens (including phenoxy) is 1. The Kier molecular flexibility index (Phi) is 7.95. The highest BCUT2D eigenvalue weighted by Gasteiger charge is 2.19. The van der Waals surface area contributed by atoms with E-state index in [0.717, 1.165) is 33.7 Å². The van der Waals surface area contributed by atoms with Gasteiger partial charge in [0, 0.05) is 17.1 Å². The topological polar surface area (TPSA) is 60.3 Å². The Morgan fingerprint density at radius 2 is 2.00 bits per heavy atom. The Hall–Kier alpha value is -2.77. The number of carbonyl (C=O) groups is 1. The maximum absolute atomic E-state index is 12.7. The Balaban J connectivity index is 1.41. The maximum atomic E-state index is 12.7. The fourth-order valence-electron chi connectivity index (χ4n) is 4.18. The van der Waals surface area contributed by atoms with Crippen molar-refractivity contribution in [3.63, 3.8) is 0 Å². The van der Waals surface area contributed by atoms with Crippen LogP contribution in [-0.4, -0.2) is 23.3 Å². The predicted molar refractivity (Wildman–Crippen MR) is 143 cm³/mol. The van der Waals surface area contributed by atoms with Gasteiger partial charge < -0.3 is 10.1 Å².